The zero-order valence-electron chi connectivity index (χ0n) is 23.8. The minimum atomic E-state index is 0. The van der Waals surface area contributed by atoms with Crippen LogP contribution in [0.3, 0.4) is 0 Å². The molecule has 0 radical (unpaired) electrons. The normalized spacial score (nSPS) is 14.6. The van der Waals surface area contributed by atoms with Gasteiger partial charge in [-0.15, -0.1) is 24.8 Å². The van der Waals surface area contributed by atoms with Crippen molar-refractivity contribution in [2.75, 3.05) is 4.90 Å². The topological polar surface area (TPSA) is 150 Å². The van der Waals surface area contributed by atoms with Gasteiger partial charge >= 0.3 is 0 Å². The van der Waals surface area contributed by atoms with Crippen molar-refractivity contribution in [3.8, 4) is 0 Å². The Kier molecular flexibility index (Phi) is 8.89. The van der Waals surface area contributed by atoms with Crippen LogP contribution >= 0.6 is 24.8 Å². The lowest BCUT2D eigenvalue weighted by Gasteiger charge is -2.15. The summed E-state index contributed by atoms with van der Waals surface area (Å²) < 4.78 is 0. The van der Waals surface area contributed by atoms with Gasteiger partial charge in [-0.2, -0.15) is 4.99 Å². The molecule has 0 atom stereocenters. The van der Waals surface area contributed by atoms with Crippen LogP contribution in [-0.2, 0) is 6.54 Å². The lowest BCUT2D eigenvalue weighted by molar-refractivity contribution is 0.834. The van der Waals surface area contributed by atoms with Crippen LogP contribution in [0.15, 0.2) is 75.6 Å². The Bertz CT molecular complexity index is 1830. The zero-order chi connectivity index (χ0) is 28.0. The number of benzene rings is 3. The predicted molar refractivity (Wildman–Crippen MR) is 177 cm³/mol. The summed E-state index contributed by atoms with van der Waals surface area (Å²) in [6.07, 6.45) is 0. The van der Waals surface area contributed by atoms with Gasteiger partial charge in [-0.1, -0.05) is 24.3 Å². The molecule has 0 amide bonds. The number of aliphatic imine (C=N–C) groups is 3. The highest BCUT2D eigenvalue weighted by Gasteiger charge is 2.29. The Morgan fingerprint density at radius 1 is 0.786 bits per heavy atom. The van der Waals surface area contributed by atoms with Crippen molar-refractivity contribution in [2.45, 2.75) is 46.3 Å². The Hall–Kier alpha value is -4.41. The Morgan fingerprint density at radius 2 is 1.36 bits per heavy atom. The zero-order valence-corrected chi connectivity index (χ0v) is 25.4. The van der Waals surface area contributed by atoms with Crippen LogP contribution in [0, 0.1) is 0 Å². The number of imidazole rings is 2. The van der Waals surface area contributed by atoms with E-state index < -0.39 is 0 Å². The number of H-pyrrole nitrogens is 2. The SMILES string of the molecule is CC(C)N=C(N)c1ccc2nc(/N=C3\c4ccccc4CN3c3nc4ccc(C(N)=NC(C)C)cc4[nH]3)[nH]c2c1.Cl.Cl. The van der Waals surface area contributed by atoms with E-state index in [1.807, 2.05) is 76.2 Å². The fourth-order valence-electron chi connectivity index (χ4n) is 4.86. The summed E-state index contributed by atoms with van der Waals surface area (Å²) in [7, 11) is 0. The van der Waals surface area contributed by atoms with E-state index in [1.54, 1.807) is 0 Å². The number of anilines is 1. The molecule has 3 aromatic carbocycles. The molecule has 0 spiro atoms. The Balaban J connectivity index is 0.00000202. The van der Waals surface area contributed by atoms with Crippen LogP contribution in [0.5, 0.6) is 0 Å². The molecule has 0 aliphatic carbocycles. The standard InChI is InChI=1S/C30H32N10.2ClH/c1-16(2)33-26(31)18-9-11-22-24(13-18)36-29(35-22)39-28-21-8-6-5-7-20(21)15-40(28)30-37-23-12-10-19(14-25(23)38-30)27(32)34-17(3)4;;/h5-14,16-17H,15H2,1-4H3,(H2,31,33)(H2,32,34)(H,35,36)(H,37,38);2*1H/b39-28+;;. The van der Waals surface area contributed by atoms with E-state index in [-0.39, 0.29) is 36.9 Å². The van der Waals surface area contributed by atoms with Crippen LogP contribution in [0.4, 0.5) is 11.9 Å². The van der Waals surface area contributed by atoms with E-state index in [0.717, 1.165) is 50.2 Å². The summed E-state index contributed by atoms with van der Waals surface area (Å²) in [6.45, 7) is 8.63. The first-order valence-corrected chi connectivity index (χ1v) is 13.4. The quantitative estimate of drug-likeness (QED) is 0.147. The molecule has 10 nitrogen and oxygen atoms in total. The van der Waals surface area contributed by atoms with Gasteiger partial charge in [0.25, 0.3) is 0 Å². The number of hydrogen-bond donors (Lipinski definition) is 4. The number of rotatable bonds is 6. The van der Waals surface area contributed by atoms with E-state index in [1.165, 1.54) is 0 Å². The second kappa shape index (κ2) is 12.2. The minimum absolute atomic E-state index is 0. The van der Waals surface area contributed by atoms with Gasteiger partial charge < -0.3 is 21.4 Å². The monoisotopic (exact) mass is 604 g/mol. The molecular weight excluding hydrogens is 571 g/mol. The maximum absolute atomic E-state index is 6.22. The molecule has 12 heteroatoms. The molecule has 0 fully saturated rings. The number of nitrogens with two attached hydrogens (primary N) is 2. The second-order valence-electron chi connectivity index (χ2n) is 10.5. The third-order valence-corrected chi connectivity index (χ3v) is 6.63. The largest absolute Gasteiger partial charge is 0.383 e. The maximum Gasteiger partial charge on any atom is 0.229 e. The number of hydrogen-bond acceptors (Lipinski definition) is 5. The molecular formula is C30H34Cl2N10. The van der Waals surface area contributed by atoms with Crippen LogP contribution in [0.2, 0.25) is 0 Å². The van der Waals surface area contributed by atoms with E-state index in [9.17, 15) is 0 Å². The number of nitrogens with one attached hydrogen (secondary N) is 2. The lowest BCUT2D eigenvalue weighted by atomic mass is 10.1. The molecule has 0 saturated carbocycles. The number of aromatic nitrogens is 4. The van der Waals surface area contributed by atoms with E-state index in [4.69, 9.17) is 26.4 Å². The molecule has 218 valence electrons. The van der Waals surface area contributed by atoms with Crippen molar-refractivity contribution in [1.82, 2.24) is 19.9 Å². The molecule has 1 aliphatic heterocycles. The molecule has 0 bridgehead atoms. The third kappa shape index (κ3) is 5.95. The Labute approximate surface area is 256 Å². The highest BCUT2D eigenvalue weighted by atomic mass is 35.5. The van der Waals surface area contributed by atoms with Crippen molar-refractivity contribution in [3.63, 3.8) is 0 Å². The van der Waals surface area contributed by atoms with E-state index >= 15 is 0 Å². The first kappa shape index (κ1) is 30.5. The van der Waals surface area contributed by atoms with Crippen LogP contribution in [0.25, 0.3) is 22.1 Å². The maximum atomic E-state index is 6.22. The van der Waals surface area contributed by atoms with Crippen molar-refractivity contribution < 1.29 is 0 Å². The molecule has 6 rings (SSSR count). The summed E-state index contributed by atoms with van der Waals surface area (Å²) >= 11 is 0. The average Bonchev–Trinajstić information content (AvgIpc) is 3.62. The average molecular weight is 606 g/mol. The first-order chi connectivity index (χ1) is 19.2. The van der Waals surface area contributed by atoms with Gasteiger partial charge in [0.2, 0.25) is 11.9 Å². The van der Waals surface area contributed by atoms with Gasteiger partial charge in [-0.25, -0.2) is 9.97 Å². The van der Waals surface area contributed by atoms with Crippen molar-refractivity contribution in [3.05, 3.63) is 82.9 Å². The highest BCUT2D eigenvalue weighted by Crippen LogP contribution is 2.30. The third-order valence-electron chi connectivity index (χ3n) is 6.63. The van der Waals surface area contributed by atoms with Gasteiger partial charge in [-0.3, -0.25) is 14.9 Å². The fourth-order valence-corrected chi connectivity index (χ4v) is 4.86. The molecule has 0 unspecified atom stereocenters. The summed E-state index contributed by atoms with van der Waals surface area (Å²) in [5.74, 6) is 2.96. The predicted octanol–water partition coefficient (Wildman–Crippen LogP) is 5.61. The lowest BCUT2D eigenvalue weighted by Crippen LogP contribution is -2.25. The number of amidine groups is 3. The molecule has 2 aromatic heterocycles. The molecule has 5 aromatic rings. The van der Waals surface area contributed by atoms with Crippen molar-refractivity contribution in [2.24, 2.45) is 26.4 Å². The number of aromatic amines is 2. The summed E-state index contributed by atoms with van der Waals surface area (Å²) in [4.78, 5) is 32.4. The van der Waals surface area contributed by atoms with Crippen molar-refractivity contribution >= 4 is 76.3 Å². The number of nitrogens with zero attached hydrogens (tertiary/aromatic N) is 6. The summed E-state index contributed by atoms with van der Waals surface area (Å²) in [5, 5.41) is 0. The second-order valence-corrected chi connectivity index (χ2v) is 10.5. The van der Waals surface area contributed by atoms with Gasteiger partial charge in [-0.05, 0) is 69.7 Å². The number of halogens is 2. The van der Waals surface area contributed by atoms with E-state index in [0.29, 0.717) is 30.1 Å². The van der Waals surface area contributed by atoms with Gasteiger partial charge in [0.15, 0.2) is 0 Å². The van der Waals surface area contributed by atoms with Crippen molar-refractivity contribution in [1.29, 1.82) is 0 Å². The molecule has 3 heterocycles. The van der Waals surface area contributed by atoms with Crippen LogP contribution < -0.4 is 16.4 Å². The van der Waals surface area contributed by atoms with E-state index in [2.05, 4.69) is 37.0 Å². The summed E-state index contributed by atoms with van der Waals surface area (Å²) in [5.41, 5.74) is 19.7. The Morgan fingerprint density at radius 3 is 1.98 bits per heavy atom. The molecule has 1 aliphatic rings. The van der Waals surface area contributed by atoms with Gasteiger partial charge in [0, 0.05) is 28.8 Å². The number of fused-ring (bicyclic) bond motifs is 3. The smallest absolute Gasteiger partial charge is 0.229 e. The van der Waals surface area contributed by atoms with Crippen LogP contribution in [-0.4, -0.2) is 49.5 Å². The van der Waals surface area contributed by atoms with Gasteiger partial charge in [0.05, 0.1) is 28.6 Å². The summed E-state index contributed by atoms with van der Waals surface area (Å²) in [6, 6.07) is 20.2. The fraction of sp³-hybridized carbons (Fsp3) is 0.233. The minimum Gasteiger partial charge on any atom is -0.383 e. The first-order valence-electron chi connectivity index (χ1n) is 13.4. The molecule has 0 saturated heterocycles. The van der Waals surface area contributed by atoms with Crippen LogP contribution in [0.1, 0.15) is 49.9 Å². The molecule has 42 heavy (non-hydrogen) atoms. The highest BCUT2D eigenvalue weighted by molar-refractivity contribution is 6.14. The molecule has 6 N–H and O–H groups in total. The van der Waals surface area contributed by atoms with Gasteiger partial charge in [0.1, 0.15) is 17.5 Å².